The standard InChI is InChI=1S/C18H16N2O2/c1-2-7-14-8-4-6-11-18(14)22-13-15-9-3-5-10-16(15)17(12-19)20-21/h2-11,21H,13H2,1H3. The van der Waals surface area contributed by atoms with Crippen molar-refractivity contribution in [3.8, 4) is 11.8 Å². The van der Waals surface area contributed by atoms with Crippen molar-refractivity contribution >= 4 is 11.8 Å². The van der Waals surface area contributed by atoms with Crippen LogP contribution in [0, 0.1) is 11.3 Å². The van der Waals surface area contributed by atoms with Gasteiger partial charge in [-0.3, -0.25) is 0 Å². The zero-order valence-corrected chi connectivity index (χ0v) is 12.2. The van der Waals surface area contributed by atoms with E-state index in [1.165, 1.54) is 0 Å². The Morgan fingerprint density at radius 1 is 1.23 bits per heavy atom. The van der Waals surface area contributed by atoms with Crippen molar-refractivity contribution in [1.29, 1.82) is 5.26 Å². The van der Waals surface area contributed by atoms with Crippen LogP contribution in [0.5, 0.6) is 5.75 Å². The third-order valence-corrected chi connectivity index (χ3v) is 3.13. The number of benzene rings is 2. The lowest BCUT2D eigenvalue weighted by molar-refractivity contribution is 0.304. The van der Waals surface area contributed by atoms with Gasteiger partial charge in [-0.1, -0.05) is 59.8 Å². The number of allylic oxidation sites excluding steroid dienone is 1. The number of para-hydroxylation sites is 1. The Morgan fingerprint density at radius 3 is 2.68 bits per heavy atom. The molecule has 1 N–H and O–H groups in total. The fourth-order valence-corrected chi connectivity index (χ4v) is 2.10. The van der Waals surface area contributed by atoms with E-state index in [-0.39, 0.29) is 12.3 Å². The smallest absolute Gasteiger partial charge is 0.187 e. The number of nitriles is 1. The van der Waals surface area contributed by atoms with Gasteiger partial charge in [-0.2, -0.15) is 5.26 Å². The number of nitrogens with zero attached hydrogens (tertiary/aromatic N) is 2. The lowest BCUT2D eigenvalue weighted by Gasteiger charge is -2.11. The van der Waals surface area contributed by atoms with Crippen LogP contribution < -0.4 is 4.74 Å². The Labute approximate surface area is 129 Å². The largest absolute Gasteiger partial charge is 0.488 e. The minimum absolute atomic E-state index is 0.0269. The van der Waals surface area contributed by atoms with Crippen molar-refractivity contribution in [2.75, 3.05) is 0 Å². The molecule has 0 aliphatic heterocycles. The van der Waals surface area contributed by atoms with Gasteiger partial charge >= 0.3 is 0 Å². The fraction of sp³-hybridized carbons (Fsp3) is 0.111. The lowest BCUT2D eigenvalue weighted by atomic mass is 10.0. The maximum atomic E-state index is 9.01. The molecule has 0 aliphatic carbocycles. The molecule has 0 bridgehead atoms. The predicted molar refractivity (Wildman–Crippen MR) is 85.9 cm³/mol. The van der Waals surface area contributed by atoms with Crippen molar-refractivity contribution < 1.29 is 9.94 Å². The number of rotatable bonds is 5. The molecule has 2 rings (SSSR count). The molecule has 110 valence electrons. The summed E-state index contributed by atoms with van der Waals surface area (Å²) in [5.41, 5.74) is 2.31. The molecule has 2 aromatic carbocycles. The van der Waals surface area contributed by atoms with E-state index in [2.05, 4.69) is 5.16 Å². The second kappa shape index (κ2) is 7.65. The van der Waals surface area contributed by atoms with Gasteiger partial charge in [-0.15, -0.1) is 0 Å². The minimum atomic E-state index is -0.0269. The van der Waals surface area contributed by atoms with Gasteiger partial charge in [-0.05, 0) is 18.6 Å². The molecular formula is C18H16N2O2. The monoisotopic (exact) mass is 292 g/mol. The second-order valence-electron chi connectivity index (χ2n) is 4.54. The average Bonchev–Trinajstić information content (AvgIpc) is 2.56. The summed E-state index contributed by atoms with van der Waals surface area (Å²) >= 11 is 0. The highest BCUT2D eigenvalue weighted by molar-refractivity contribution is 6.12. The van der Waals surface area contributed by atoms with Crippen molar-refractivity contribution in [2.45, 2.75) is 13.5 Å². The van der Waals surface area contributed by atoms with Gasteiger partial charge in [0.05, 0.1) is 0 Å². The third-order valence-electron chi connectivity index (χ3n) is 3.13. The van der Waals surface area contributed by atoms with Gasteiger partial charge in [0.15, 0.2) is 5.71 Å². The summed E-state index contributed by atoms with van der Waals surface area (Å²) in [4.78, 5) is 0. The summed E-state index contributed by atoms with van der Waals surface area (Å²) < 4.78 is 5.86. The maximum absolute atomic E-state index is 9.01. The van der Waals surface area contributed by atoms with Crippen LogP contribution in [-0.2, 0) is 6.61 Å². The predicted octanol–water partition coefficient (Wildman–Crippen LogP) is 4.00. The molecule has 0 heterocycles. The molecular weight excluding hydrogens is 276 g/mol. The molecule has 0 saturated carbocycles. The molecule has 0 atom stereocenters. The summed E-state index contributed by atoms with van der Waals surface area (Å²) in [5.74, 6) is 0.759. The summed E-state index contributed by atoms with van der Waals surface area (Å²) in [6.45, 7) is 2.23. The summed E-state index contributed by atoms with van der Waals surface area (Å²) in [7, 11) is 0. The highest BCUT2D eigenvalue weighted by atomic mass is 16.5. The molecule has 0 fully saturated rings. The molecule has 4 heteroatoms. The van der Waals surface area contributed by atoms with Crippen molar-refractivity contribution in [2.24, 2.45) is 5.16 Å². The topological polar surface area (TPSA) is 65.6 Å². The average molecular weight is 292 g/mol. The zero-order chi connectivity index (χ0) is 15.8. The minimum Gasteiger partial charge on any atom is -0.488 e. The van der Waals surface area contributed by atoms with E-state index in [4.69, 9.17) is 15.2 Å². The summed E-state index contributed by atoms with van der Waals surface area (Å²) in [5, 5.41) is 21.0. The van der Waals surface area contributed by atoms with Crippen LogP contribution in [0.15, 0.2) is 59.8 Å². The van der Waals surface area contributed by atoms with Gasteiger partial charge in [0.2, 0.25) is 0 Å². The SMILES string of the molecule is CC=Cc1ccccc1OCc1ccccc1C(C#N)=NO. The molecule has 22 heavy (non-hydrogen) atoms. The van der Waals surface area contributed by atoms with Crippen LogP contribution in [0.3, 0.4) is 0 Å². The van der Waals surface area contributed by atoms with Gasteiger partial charge in [0.1, 0.15) is 18.4 Å². The Hall–Kier alpha value is -3.06. The lowest BCUT2D eigenvalue weighted by Crippen LogP contribution is -2.06. The molecule has 4 nitrogen and oxygen atoms in total. The van der Waals surface area contributed by atoms with Gasteiger partial charge < -0.3 is 9.94 Å². The molecule has 0 radical (unpaired) electrons. The normalized spacial score (nSPS) is 11.4. The van der Waals surface area contributed by atoms with Crippen molar-refractivity contribution in [3.05, 3.63) is 71.3 Å². The Bertz CT molecular complexity index is 743. The van der Waals surface area contributed by atoms with Crippen LogP contribution in [0.4, 0.5) is 0 Å². The van der Waals surface area contributed by atoms with Gasteiger partial charge in [-0.25, -0.2) is 0 Å². The van der Waals surface area contributed by atoms with E-state index in [1.54, 1.807) is 12.1 Å². The first-order valence-electron chi connectivity index (χ1n) is 6.85. The highest BCUT2D eigenvalue weighted by Crippen LogP contribution is 2.21. The van der Waals surface area contributed by atoms with E-state index in [9.17, 15) is 0 Å². The van der Waals surface area contributed by atoms with E-state index in [1.807, 2.05) is 61.5 Å². The van der Waals surface area contributed by atoms with Crippen LogP contribution in [0.2, 0.25) is 0 Å². The molecule has 0 aliphatic rings. The molecule has 0 spiro atoms. The van der Waals surface area contributed by atoms with E-state index < -0.39 is 0 Å². The number of hydrogen-bond acceptors (Lipinski definition) is 4. The Morgan fingerprint density at radius 2 is 1.95 bits per heavy atom. The van der Waals surface area contributed by atoms with Crippen LogP contribution in [0.25, 0.3) is 6.08 Å². The van der Waals surface area contributed by atoms with Gasteiger partial charge in [0, 0.05) is 11.1 Å². The maximum Gasteiger partial charge on any atom is 0.187 e. The summed E-state index contributed by atoms with van der Waals surface area (Å²) in [6.07, 6.45) is 3.92. The number of hydrogen-bond donors (Lipinski definition) is 1. The second-order valence-corrected chi connectivity index (χ2v) is 4.54. The molecule has 0 unspecified atom stereocenters. The first-order valence-corrected chi connectivity index (χ1v) is 6.85. The fourth-order valence-electron chi connectivity index (χ4n) is 2.10. The van der Waals surface area contributed by atoms with Gasteiger partial charge in [0.25, 0.3) is 0 Å². The molecule has 2 aromatic rings. The summed E-state index contributed by atoms with van der Waals surface area (Å²) in [6, 6.07) is 16.8. The number of ether oxygens (including phenoxy) is 1. The Balaban J connectivity index is 2.25. The van der Waals surface area contributed by atoms with E-state index >= 15 is 0 Å². The highest BCUT2D eigenvalue weighted by Gasteiger charge is 2.10. The zero-order valence-electron chi connectivity index (χ0n) is 12.2. The van der Waals surface area contributed by atoms with Crippen molar-refractivity contribution in [1.82, 2.24) is 0 Å². The van der Waals surface area contributed by atoms with Crippen LogP contribution in [-0.4, -0.2) is 10.9 Å². The van der Waals surface area contributed by atoms with Crippen LogP contribution in [0.1, 0.15) is 23.6 Å². The van der Waals surface area contributed by atoms with E-state index in [0.29, 0.717) is 5.56 Å². The first kappa shape index (κ1) is 15.3. The number of oxime groups is 1. The van der Waals surface area contributed by atoms with Crippen LogP contribution >= 0.6 is 0 Å². The molecule has 0 amide bonds. The van der Waals surface area contributed by atoms with E-state index in [0.717, 1.165) is 16.9 Å². The Kier molecular flexibility index (Phi) is 5.33. The molecule has 0 saturated heterocycles. The molecule has 0 aromatic heterocycles. The first-order chi connectivity index (χ1) is 10.8. The van der Waals surface area contributed by atoms with Crippen molar-refractivity contribution in [3.63, 3.8) is 0 Å². The quantitative estimate of drug-likeness (QED) is 0.514. The third kappa shape index (κ3) is 3.53.